The van der Waals surface area contributed by atoms with Crippen molar-refractivity contribution < 1.29 is 4.79 Å². The van der Waals surface area contributed by atoms with Crippen LogP contribution in [0.25, 0.3) is 0 Å². The Hall–Kier alpha value is -1.13. The summed E-state index contributed by atoms with van der Waals surface area (Å²) >= 11 is 5.76. The summed E-state index contributed by atoms with van der Waals surface area (Å²) in [4.78, 5) is 16.5. The quantitative estimate of drug-likeness (QED) is 0.882. The van der Waals surface area contributed by atoms with Gasteiger partial charge >= 0.3 is 0 Å². The van der Waals surface area contributed by atoms with Crippen molar-refractivity contribution in [3.8, 4) is 0 Å². The lowest BCUT2D eigenvalue weighted by Crippen LogP contribution is -2.50. The molecule has 1 unspecified atom stereocenters. The first-order valence-electron chi connectivity index (χ1n) is 6.34. The molecule has 0 saturated carbocycles. The lowest BCUT2D eigenvalue weighted by molar-refractivity contribution is -0.122. The molecule has 1 aromatic heterocycles. The second-order valence-electron chi connectivity index (χ2n) is 4.68. The molecule has 0 aromatic carbocycles. The van der Waals surface area contributed by atoms with E-state index in [1.165, 1.54) is 6.20 Å². The van der Waals surface area contributed by atoms with Crippen LogP contribution < -0.4 is 10.6 Å². The summed E-state index contributed by atoms with van der Waals surface area (Å²) in [5, 5.41) is 6.77. The summed E-state index contributed by atoms with van der Waals surface area (Å²) < 4.78 is 0. The highest BCUT2D eigenvalue weighted by molar-refractivity contribution is 6.30. The molecule has 1 fully saturated rings. The number of hydrogen-bond donors (Lipinski definition) is 2. The van der Waals surface area contributed by atoms with Gasteiger partial charge in [0.2, 0.25) is 5.91 Å². The Kier molecular flexibility index (Phi) is 4.19. The minimum atomic E-state index is -0.421. The molecule has 0 radical (unpaired) electrons. The molecule has 0 spiro atoms. The molecule has 4 nitrogen and oxygen atoms in total. The molecule has 5 heteroatoms. The molecule has 1 amide bonds. The molecule has 0 aliphatic carbocycles. The molecule has 1 aromatic rings. The molecule has 2 rings (SSSR count). The number of pyridine rings is 1. The maximum absolute atomic E-state index is 12.4. The predicted molar refractivity (Wildman–Crippen MR) is 72.8 cm³/mol. The van der Waals surface area contributed by atoms with E-state index in [-0.39, 0.29) is 5.91 Å². The zero-order valence-electron chi connectivity index (χ0n) is 10.5. The lowest BCUT2D eigenvalue weighted by atomic mass is 9.91. The van der Waals surface area contributed by atoms with Gasteiger partial charge in [-0.3, -0.25) is 4.79 Å². The average molecular weight is 268 g/mol. The average Bonchev–Trinajstić information content (AvgIpc) is 2.82. The van der Waals surface area contributed by atoms with Crippen molar-refractivity contribution in [3.05, 3.63) is 23.4 Å². The van der Waals surface area contributed by atoms with Gasteiger partial charge in [-0.1, -0.05) is 24.9 Å². The Bertz CT molecular complexity index is 413. The van der Waals surface area contributed by atoms with Gasteiger partial charge in [0.25, 0.3) is 0 Å². The molecule has 2 heterocycles. The van der Waals surface area contributed by atoms with Gasteiger partial charge in [-0.25, -0.2) is 4.98 Å². The Balaban J connectivity index is 2.07. The van der Waals surface area contributed by atoms with E-state index in [9.17, 15) is 4.79 Å². The first-order valence-corrected chi connectivity index (χ1v) is 6.72. The van der Waals surface area contributed by atoms with Crippen molar-refractivity contribution in [1.82, 2.24) is 10.3 Å². The van der Waals surface area contributed by atoms with Crippen molar-refractivity contribution in [2.45, 2.75) is 38.1 Å². The van der Waals surface area contributed by atoms with Crippen LogP contribution in [0.4, 0.5) is 5.82 Å². The van der Waals surface area contributed by atoms with Gasteiger partial charge in [-0.05, 0) is 37.9 Å². The maximum Gasteiger partial charge on any atom is 0.245 e. The predicted octanol–water partition coefficient (Wildman–Crippen LogP) is 2.60. The van der Waals surface area contributed by atoms with E-state index in [0.717, 1.165) is 32.2 Å². The summed E-state index contributed by atoms with van der Waals surface area (Å²) in [7, 11) is 0. The van der Waals surface area contributed by atoms with Crippen molar-refractivity contribution in [2.24, 2.45) is 0 Å². The van der Waals surface area contributed by atoms with E-state index in [1.807, 2.05) is 0 Å². The zero-order chi connectivity index (χ0) is 13.0. The Morgan fingerprint density at radius 3 is 3.00 bits per heavy atom. The third-order valence-corrected chi connectivity index (χ3v) is 3.55. The van der Waals surface area contributed by atoms with Gasteiger partial charge in [0, 0.05) is 6.20 Å². The van der Waals surface area contributed by atoms with Gasteiger partial charge in [-0.15, -0.1) is 0 Å². The van der Waals surface area contributed by atoms with Gasteiger partial charge in [0.05, 0.1) is 10.6 Å². The minimum Gasteiger partial charge on any atom is -0.309 e. The van der Waals surface area contributed by atoms with Crippen LogP contribution in [-0.4, -0.2) is 23.0 Å². The third kappa shape index (κ3) is 2.82. The van der Waals surface area contributed by atoms with Crippen LogP contribution in [0.1, 0.15) is 32.6 Å². The van der Waals surface area contributed by atoms with Gasteiger partial charge in [0.15, 0.2) is 0 Å². The number of hydrogen-bond acceptors (Lipinski definition) is 3. The largest absolute Gasteiger partial charge is 0.309 e. The van der Waals surface area contributed by atoms with E-state index >= 15 is 0 Å². The number of nitrogens with zero attached hydrogens (tertiary/aromatic N) is 1. The van der Waals surface area contributed by atoms with Crippen molar-refractivity contribution in [2.75, 3.05) is 11.9 Å². The van der Waals surface area contributed by atoms with Gasteiger partial charge in [-0.2, -0.15) is 0 Å². The Morgan fingerprint density at radius 2 is 2.44 bits per heavy atom. The van der Waals surface area contributed by atoms with Crippen LogP contribution in [-0.2, 0) is 4.79 Å². The minimum absolute atomic E-state index is 0.0108. The number of carbonyl (C=O) groups excluding carboxylic acids is 1. The topological polar surface area (TPSA) is 54.0 Å². The fourth-order valence-electron chi connectivity index (χ4n) is 2.44. The van der Waals surface area contributed by atoms with E-state index in [4.69, 9.17) is 11.6 Å². The highest BCUT2D eigenvalue weighted by Gasteiger charge is 2.39. The van der Waals surface area contributed by atoms with Crippen LogP contribution in [0.15, 0.2) is 18.3 Å². The lowest BCUT2D eigenvalue weighted by Gasteiger charge is -2.27. The SMILES string of the molecule is CCCC1(C(=O)Nc2ccc(Cl)cn2)CCCN1. The van der Waals surface area contributed by atoms with E-state index in [0.29, 0.717) is 10.8 Å². The smallest absolute Gasteiger partial charge is 0.245 e. The molecule has 1 aliphatic rings. The van der Waals surface area contributed by atoms with Gasteiger partial charge < -0.3 is 10.6 Å². The van der Waals surface area contributed by atoms with Gasteiger partial charge in [0.1, 0.15) is 5.82 Å². The normalized spacial score (nSPS) is 23.0. The van der Waals surface area contributed by atoms with Crippen LogP contribution in [0.3, 0.4) is 0 Å². The molecule has 1 saturated heterocycles. The van der Waals surface area contributed by atoms with E-state index in [1.54, 1.807) is 12.1 Å². The van der Waals surface area contributed by atoms with E-state index in [2.05, 4.69) is 22.5 Å². The molecule has 1 atom stereocenters. The van der Waals surface area contributed by atoms with Crippen molar-refractivity contribution in [1.29, 1.82) is 0 Å². The summed E-state index contributed by atoms with van der Waals surface area (Å²) in [6, 6.07) is 3.44. The Morgan fingerprint density at radius 1 is 1.61 bits per heavy atom. The van der Waals surface area contributed by atoms with E-state index < -0.39 is 5.54 Å². The molecular formula is C13H18ClN3O. The summed E-state index contributed by atoms with van der Waals surface area (Å²) in [6.07, 6.45) is 5.30. The standard InChI is InChI=1S/C13H18ClN3O/c1-2-6-13(7-3-8-16-13)12(18)17-11-5-4-10(14)9-15-11/h4-5,9,16H,2-3,6-8H2,1H3,(H,15,17,18). The number of nitrogens with one attached hydrogen (secondary N) is 2. The first-order chi connectivity index (χ1) is 8.66. The molecular weight excluding hydrogens is 250 g/mol. The number of anilines is 1. The summed E-state index contributed by atoms with van der Waals surface area (Å²) in [5.74, 6) is 0.560. The first kappa shape index (κ1) is 13.3. The number of rotatable bonds is 4. The van der Waals surface area contributed by atoms with Crippen molar-refractivity contribution in [3.63, 3.8) is 0 Å². The molecule has 18 heavy (non-hydrogen) atoms. The number of amides is 1. The molecule has 1 aliphatic heterocycles. The van der Waals surface area contributed by atoms with Crippen LogP contribution in [0.2, 0.25) is 5.02 Å². The van der Waals surface area contributed by atoms with Crippen LogP contribution in [0, 0.1) is 0 Å². The van der Waals surface area contributed by atoms with Crippen molar-refractivity contribution >= 4 is 23.3 Å². The number of aromatic nitrogens is 1. The molecule has 98 valence electrons. The summed E-state index contributed by atoms with van der Waals surface area (Å²) in [6.45, 7) is 3.00. The molecule has 2 N–H and O–H groups in total. The summed E-state index contributed by atoms with van der Waals surface area (Å²) in [5.41, 5.74) is -0.421. The highest BCUT2D eigenvalue weighted by atomic mass is 35.5. The number of carbonyl (C=O) groups is 1. The second kappa shape index (κ2) is 5.67. The fraction of sp³-hybridized carbons (Fsp3) is 0.538. The second-order valence-corrected chi connectivity index (χ2v) is 5.11. The number of halogens is 1. The Labute approximate surface area is 112 Å². The monoisotopic (exact) mass is 267 g/mol. The van der Waals surface area contributed by atoms with Crippen LogP contribution >= 0.6 is 11.6 Å². The third-order valence-electron chi connectivity index (χ3n) is 3.32. The van der Waals surface area contributed by atoms with Crippen LogP contribution in [0.5, 0.6) is 0 Å². The molecule has 0 bridgehead atoms. The zero-order valence-corrected chi connectivity index (χ0v) is 11.3. The maximum atomic E-state index is 12.4. The highest BCUT2D eigenvalue weighted by Crippen LogP contribution is 2.26. The fourth-order valence-corrected chi connectivity index (χ4v) is 2.55.